The molecule has 6 nitrogen and oxygen atoms in total. The van der Waals surface area contributed by atoms with E-state index in [0.717, 1.165) is 36.1 Å². The number of piperidine rings is 1. The van der Waals surface area contributed by atoms with Crippen LogP contribution in [0.1, 0.15) is 36.8 Å². The molecule has 2 aromatic carbocycles. The quantitative estimate of drug-likeness (QED) is 0.747. The standard InChI is InChI=1S/C22H29N3O3S/c1-17-9-11-21(12-10-17)29(27,28)25-15-4-3-8-20(25)13-14-23-22(26)24-19-7-5-6-18(2)16-19/h5-7,9-12,16,20H,3-4,8,13-15H2,1-2H3,(H2,23,24,26). The smallest absolute Gasteiger partial charge is 0.319 e. The maximum atomic E-state index is 13.1. The number of rotatable bonds is 6. The van der Waals surface area contributed by atoms with Gasteiger partial charge in [-0.2, -0.15) is 4.31 Å². The summed E-state index contributed by atoms with van der Waals surface area (Å²) in [7, 11) is -3.53. The van der Waals surface area contributed by atoms with E-state index >= 15 is 0 Å². The van der Waals surface area contributed by atoms with Gasteiger partial charge in [-0.15, -0.1) is 0 Å². The highest BCUT2D eigenvalue weighted by molar-refractivity contribution is 7.89. The summed E-state index contributed by atoms with van der Waals surface area (Å²) in [5.74, 6) is 0. The van der Waals surface area contributed by atoms with Gasteiger partial charge in [0.05, 0.1) is 4.90 Å². The van der Waals surface area contributed by atoms with Crippen LogP contribution in [0.2, 0.25) is 0 Å². The molecule has 1 fully saturated rings. The lowest BCUT2D eigenvalue weighted by Gasteiger charge is -2.34. The first-order valence-electron chi connectivity index (χ1n) is 10.1. The number of carbonyl (C=O) groups excluding carboxylic acids is 1. The van der Waals surface area contributed by atoms with Crippen molar-refractivity contribution in [2.45, 2.75) is 50.5 Å². The molecular formula is C22H29N3O3S. The minimum atomic E-state index is -3.53. The Balaban J connectivity index is 1.58. The highest BCUT2D eigenvalue weighted by atomic mass is 32.2. The van der Waals surface area contributed by atoms with Crippen LogP contribution < -0.4 is 10.6 Å². The molecule has 1 heterocycles. The average Bonchev–Trinajstić information content (AvgIpc) is 2.68. The molecule has 0 saturated carbocycles. The van der Waals surface area contributed by atoms with Crippen molar-refractivity contribution in [3.05, 3.63) is 59.7 Å². The molecule has 2 aromatic rings. The molecule has 0 aliphatic carbocycles. The van der Waals surface area contributed by atoms with Gasteiger partial charge in [0.2, 0.25) is 10.0 Å². The number of carbonyl (C=O) groups is 1. The molecular weight excluding hydrogens is 386 g/mol. The fraction of sp³-hybridized carbons (Fsp3) is 0.409. The summed E-state index contributed by atoms with van der Waals surface area (Å²) >= 11 is 0. The van der Waals surface area contributed by atoms with E-state index in [0.29, 0.717) is 24.4 Å². The molecule has 0 spiro atoms. The molecule has 3 rings (SSSR count). The molecule has 1 saturated heterocycles. The summed E-state index contributed by atoms with van der Waals surface area (Å²) in [5.41, 5.74) is 2.84. The van der Waals surface area contributed by atoms with Gasteiger partial charge >= 0.3 is 6.03 Å². The van der Waals surface area contributed by atoms with Gasteiger partial charge in [-0.3, -0.25) is 0 Å². The van der Waals surface area contributed by atoms with Gasteiger partial charge in [0.1, 0.15) is 0 Å². The van der Waals surface area contributed by atoms with Crippen LogP contribution in [0.3, 0.4) is 0 Å². The normalized spacial score (nSPS) is 17.7. The zero-order valence-corrected chi connectivity index (χ0v) is 17.8. The zero-order valence-electron chi connectivity index (χ0n) is 17.0. The number of hydrogen-bond donors (Lipinski definition) is 2. The molecule has 1 aliphatic heterocycles. The first-order chi connectivity index (χ1) is 13.9. The summed E-state index contributed by atoms with van der Waals surface area (Å²) < 4.78 is 27.8. The van der Waals surface area contributed by atoms with Gasteiger partial charge in [-0.05, 0) is 62.9 Å². The number of aryl methyl sites for hydroxylation is 2. The predicted molar refractivity (Wildman–Crippen MR) is 116 cm³/mol. The Bertz CT molecular complexity index is 942. The number of urea groups is 1. The number of amides is 2. The van der Waals surface area contributed by atoms with Crippen LogP contribution in [-0.4, -0.2) is 37.9 Å². The van der Waals surface area contributed by atoms with Gasteiger partial charge in [0.25, 0.3) is 0 Å². The molecule has 29 heavy (non-hydrogen) atoms. The molecule has 1 aliphatic rings. The number of benzene rings is 2. The first kappa shape index (κ1) is 21.3. The van der Waals surface area contributed by atoms with Gasteiger partial charge in [0, 0.05) is 24.8 Å². The monoisotopic (exact) mass is 415 g/mol. The third kappa shape index (κ3) is 5.58. The summed E-state index contributed by atoms with van der Waals surface area (Å²) in [5, 5.41) is 5.66. The van der Waals surface area contributed by atoms with E-state index in [1.807, 2.05) is 50.2 Å². The van der Waals surface area contributed by atoms with Crippen LogP contribution in [0.25, 0.3) is 0 Å². The lowest BCUT2D eigenvalue weighted by atomic mass is 10.0. The van der Waals surface area contributed by atoms with E-state index in [1.165, 1.54) is 0 Å². The third-order valence-electron chi connectivity index (χ3n) is 5.24. The lowest BCUT2D eigenvalue weighted by Crippen LogP contribution is -2.45. The number of anilines is 1. The van der Waals surface area contributed by atoms with E-state index in [-0.39, 0.29) is 12.1 Å². The van der Waals surface area contributed by atoms with Crippen LogP contribution in [0, 0.1) is 13.8 Å². The van der Waals surface area contributed by atoms with E-state index in [4.69, 9.17) is 0 Å². The Morgan fingerprint density at radius 3 is 2.55 bits per heavy atom. The Hall–Kier alpha value is -2.38. The molecule has 1 unspecified atom stereocenters. The van der Waals surface area contributed by atoms with Crippen LogP contribution in [0.15, 0.2) is 53.4 Å². The molecule has 0 radical (unpaired) electrons. The predicted octanol–water partition coefficient (Wildman–Crippen LogP) is 4.06. The van der Waals surface area contributed by atoms with Crippen molar-refractivity contribution in [3.8, 4) is 0 Å². The highest BCUT2D eigenvalue weighted by Gasteiger charge is 2.33. The number of nitrogens with one attached hydrogen (secondary N) is 2. The Kier molecular flexibility index (Phi) is 6.92. The van der Waals surface area contributed by atoms with Crippen molar-refractivity contribution in [1.29, 1.82) is 0 Å². The van der Waals surface area contributed by atoms with Gasteiger partial charge < -0.3 is 10.6 Å². The minimum Gasteiger partial charge on any atom is -0.338 e. The van der Waals surface area contributed by atoms with Crippen molar-refractivity contribution in [1.82, 2.24) is 9.62 Å². The molecule has 7 heteroatoms. The van der Waals surface area contributed by atoms with Crippen molar-refractivity contribution in [2.24, 2.45) is 0 Å². The fourth-order valence-electron chi connectivity index (χ4n) is 3.67. The van der Waals surface area contributed by atoms with Crippen LogP contribution in [-0.2, 0) is 10.0 Å². The van der Waals surface area contributed by atoms with Crippen LogP contribution in [0.5, 0.6) is 0 Å². The molecule has 156 valence electrons. The van der Waals surface area contributed by atoms with E-state index in [2.05, 4.69) is 10.6 Å². The van der Waals surface area contributed by atoms with Crippen LogP contribution in [0.4, 0.5) is 10.5 Å². The second-order valence-electron chi connectivity index (χ2n) is 7.62. The third-order valence-corrected chi connectivity index (χ3v) is 7.21. The van der Waals surface area contributed by atoms with E-state index in [1.54, 1.807) is 16.4 Å². The molecule has 1 atom stereocenters. The maximum Gasteiger partial charge on any atom is 0.319 e. The summed E-state index contributed by atoms with van der Waals surface area (Å²) in [4.78, 5) is 12.5. The summed E-state index contributed by atoms with van der Waals surface area (Å²) in [6, 6.07) is 14.2. The number of nitrogens with zero attached hydrogens (tertiary/aromatic N) is 1. The van der Waals surface area contributed by atoms with Gasteiger partial charge in [0.15, 0.2) is 0 Å². The average molecular weight is 416 g/mol. The Labute approximate surface area is 173 Å². The summed E-state index contributed by atoms with van der Waals surface area (Å²) in [6.45, 7) is 4.85. The Morgan fingerprint density at radius 1 is 1.07 bits per heavy atom. The maximum absolute atomic E-state index is 13.1. The largest absolute Gasteiger partial charge is 0.338 e. The molecule has 2 N–H and O–H groups in total. The highest BCUT2D eigenvalue weighted by Crippen LogP contribution is 2.27. The van der Waals surface area contributed by atoms with Crippen molar-refractivity contribution in [3.63, 3.8) is 0 Å². The van der Waals surface area contributed by atoms with Crippen molar-refractivity contribution < 1.29 is 13.2 Å². The summed E-state index contributed by atoms with van der Waals surface area (Å²) in [6.07, 6.45) is 3.27. The molecule has 0 aromatic heterocycles. The van der Waals surface area contributed by atoms with Crippen molar-refractivity contribution >= 4 is 21.7 Å². The van der Waals surface area contributed by atoms with E-state index in [9.17, 15) is 13.2 Å². The van der Waals surface area contributed by atoms with Crippen molar-refractivity contribution in [2.75, 3.05) is 18.4 Å². The minimum absolute atomic E-state index is 0.102. The SMILES string of the molecule is Cc1ccc(S(=O)(=O)N2CCCCC2CCNC(=O)Nc2cccc(C)c2)cc1. The lowest BCUT2D eigenvalue weighted by molar-refractivity contribution is 0.234. The fourth-order valence-corrected chi connectivity index (χ4v) is 5.40. The second kappa shape index (κ2) is 9.41. The van der Waals surface area contributed by atoms with Gasteiger partial charge in [-0.1, -0.05) is 36.2 Å². The molecule has 2 amide bonds. The van der Waals surface area contributed by atoms with Crippen LogP contribution >= 0.6 is 0 Å². The Morgan fingerprint density at radius 2 is 1.83 bits per heavy atom. The number of sulfonamides is 1. The molecule has 0 bridgehead atoms. The topological polar surface area (TPSA) is 78.5 Å². The number of hydrogen-bond acceptors (Lipinski definition) is 3. The van der Waals surface area contributed by atoms with E-state index < -0.39 is 10.0 Å². The second-order valence-corrected chi connectivity index (χ2v) is 9.51. The first-order valence-corrected chi connectivity index (χ1v) is 11.5. The van der Waals surface area contributed by atoms with Gasteiger partial charge in [-0.25, -0.2) is 13.2 Å². The zero-order chi connectivity index (χ0) is 20.9.